The van der Waals surface area contributed by atoms with Crippen LogP contribution in [0.25, 0.3) is 0 Å². The fraction of sp³-hybridized carbons (Fsp3) is 0.478. The third-order valence-corrected chi connectivity index (χ3v) is 7.07. The fourth-order valence-corrected chi connectivity index (χ4v) is 5.22. The average Bonchev–Trinajstić information content (AvgIpc) is 3.50. The fourth-order valence-electron chi connectivity index (χ4n) is 4.35. The van der Waals surface area contributed by atoms with Gasteiger partial charge in [-0.05, 0) is 62.4 Å². The molecule has 1 aromatic carbocycles. The maximum absolute atomic E-state index is 12.8. The van der Waals surface area contributed by atoms with Crippen LogP contribution >= 0.6 is 11.3 Å². The Bertz CT molecular complexity index is 813. The molecule has 2 fully saturated rings. The summed E-state index contributed by atoms with van der Waals surface area (Å²) in [6, 6.07) is 13.9. The number of piperidine rings is 1. The molecule has 0 aliphatic carbocycles. The summed E-state index contributed by atoms with van der Waals surface area (Å²) in [6.07, 6.45) is 3.89. The Morgan fingerprint density at radius 3 is 2.40 bits per heavy atom. The molecule has 3 amide bonds. The zero-order chi connectivity index (χ0) is 20.8. The molecule has 0 unspecified atom stereocenters. The van der Waals surface area contributed by atoms with Gasteiger partial charge < -0.3 is 15.5 Å². The molecule has 6 nitrogen and oxygen atoms in total. The van der Waals surface area contributed by atoms with Gasteiger partial charge >= 0.3 is 6.03 Å². The second-order valence-corrected chi connectivity index (χ2v) is 9.06. The van der Waals surface area contributed by atoms with Gasteiger partial charge in [0.05, 0.1) is 6.04 Å². The van der Waals surface area contributed by atoms with Crippen LogP contribution in [0.5, 0.6) is 0 Å². The Morgan fingerprint density at radius 2 is 1.73 bits per heavy atom. The van der Waals surface area contributed by atoms with Crippen molar-refractivity contribution in [1.82, 2.24) is 15.1 Å². The van der Waals surface area contributed by atoms with Gasteiger partial charge in [0, 0.05) is 36.1 Å². The van der Waals surface area contributed by atoms with Gasteiger partial charge in [-0.15, -0.1) is 11.3 Å². The highest BCUT2D eigenvalue weighted by atomic mass is 32.1. The quantitative estimate of drug-likeness (QED) is 0.735. The van der Waals surface area contributed by atoms with E-state index < -0.39 is 0 Å². The standard InChI is InChI=1S/C23H30N4O2S/c28-22(24-17-20(21-9-6-16-30-21)26-12-4-5-13-26)18-10-14-27(15-11-18)23(29)25-19-7-2-1-3-8-19/h1-3,6-9,16,18,20H,4-5,10-15,17H2,(H,24,28)(H,25,29)/t20-/m1/s1. The van der Waals surface area contributed by atoms with Gasteiger partial charge in [-0.3, -0.25) is 9.69 Å². The summed E-state index contributed by atoms with van der Waals surface area (Å²) in [7, 11) is 0. The molecule has 1 atom stereocenters. The van der Waals surface area contributed by atoms with Crippen LogP contribution in [-0.4, -0.2) is 54.5 Å². The SMILES string of the molecule is O=C(NC[C@H](c1cccs1)N1CCCC1)C1CCN(C(=O)Nc2ccccc2)CC1. The summed E-state index contributed by atoms with van der Waals surface area (Å²) in [5.41, 5.74) is 0.795. The van der Waals surface area contributed by atoms with Crippen LogP contribution in [0, 0.1) is 5.92 Å². The van der Waals surface area contributed by atoms with E-state index in [1.807, 2.05) is 30.3 Å². The Balaban J connectivity index is 1.25. The van der Waals surface area contributed by atoms with Crippen molar-refractivity contribution >= 4 is 29.0 Å². The summed E-state index contributed by atoms with van der Waals surface area (Å²) in [5, 5.41) is 8.24. The molecule has 2 aromatic rings. The number of hydrogen-bond acceptors (Lipinski definition) is 4. The van der Waals surface area contributed by atoms with Crippen LogP contribution in [-0.2, 0) is 4.79 Å². The lowest BCUT2D eigenvalue weighted by Crippen LogP contribution is -2.45. The number of carbonyl (C=O) groups is 2. The molecule has 0 spiro atoms. The summed E-state index contributed by atoms with van der Waals surface area (Å²) in [5.74, 6) is 0.104. The van der Waals surface area contributed by atoms with Gasteiger partial charge in [0.15, 0.2) is 0 Å². The van der Waals surface area contributed by atoms with Gasteiger partial charge in [-0.2, -0.15) is 0 Å². The number of nitrogens with one attached hydrogen (secondary N) is 2. The number of nitrogens with zero attached hydrogens (tertiary/aromatic N) is 2. The summed E-state index contributed by atoms with van der Waals surface area (Å²) < 4.78 is 0. The molecule has 3 heterocycles. The van der Waals surface area contributed by atoms with Crippen molar-refractivity contribution < 1.29 is 9.59 Å². The maximum Gasteiger partial charge on any atom is 0.321 e. The van der Waals surface area contributed by atoms with Crippen molar-refractivity contribution in [2.45, 2.75) is 31.7 Å². The topological polar surface area (TPSA) is 64.7 Å². The van der Waals surface area contributed by atoms with E-state index in [0.717, 1.165) is 18.8 Å². The van der Waals surface area contributed by atoms with E-state index in [0.29, 0.717) is 32.5 Å². The molecular formula is C23H30N4O2S. The van der Waals surface area contributed by atoms with Crippen LogP contribution in [0.1, 0.15) is 36.6 Å². The third-order valence-electron chi connectivity index (χ3n) is 6.10. The number of urea groups is 1. The lowest BCUT2D eigenvalue weighted by atomic mass is 9.96. The van der Waals surface area contributed by atoms with E-state index in [-0.39, 0.29) is 23.9 Å². The minimum Gasteiger partial charge on any atom is -0.354 e. The van der Waals surface area contributed by atoms with Crippen molar-refractivity contribution in [3.63, 3.8) is 0 Å². The zero-order valence-corrected chi connectivity index (χ0v) is 18.1. The highest BCUT2D eigenvalue weighted by Crippen LogP contribution is 2.28. The lowest BCUT2D eigenvalue weighted by Gasteiger charge is -2.32. The molecule has 160 valence electrons. The van der Waals surface area contributed by atoms with Crippen molar-refractivity contribution in [2.75, 3.05) is 38.0 Å². The second kappa shape index (κ2) is 10.1. The molecule has 7 heteroatoms. The molecule has 2 N–H and O–H groups in total. The van der Waals surface area contributed by atoms with Crippen LogP contribution in [0.3, 0.4) is 0 Å². The largest absolute Gasteiger partial charge is 0.354 e. The number of thiophene rings is 1. The Morgan fingerprint density at radius 1 is 1.00 bits per heavy atom. The summed E-state index contributed by atoms with van der Waals surface area (Å²) in [4.78, 5) is 30.9. The number of likely N-dealkylation sites (tertiary alicyclic amines) is 2. The molecule has 2 aliphatic rings. The molecule has 2 aliphatic heterocycles. The van der Waals surface area contributed by atoms with Crippen molar-refractivity contribution in [2.24, 2.45) is 5.92 Å². The van der Waals surface area contributed by atoms with Gasteiger partial charge in [0.25, 0.3) is 0 Å². The smallest absolute Gasteiger partial charge is 0.321 e. The minimum atomic E-state index is -0.0909. The third kappa shape index (κ3) is 5.21. The highest BCUT2D eigenvalue weighted by Gasteiger charge is 2.29. The van der Waals surface area contributed by atoms with Crippen LogP contribution < -0.4 is 10.6 Å². The van der Waals surface area contributed by atoms with Gasteiger partial charge in [0.2, 0.25) is 5.91 Å². The molecule has 0 saturated carbocycles. The average molecular weight is 427 g/mol. The molecule has 1 aromatic heterocycles. The van der Waals surface area contributed by atoms with Crippen LogP contribution in [0.15, 0.2) is 47.8 Å². The first kappa shape index (κ1) is 20.9. The monoisotopic (exact) mass is 426 g/mol. The van der Waals surface area contributed by atoms with Gasteiger partial charge in [0.1, 0.15) is 0 Å². The molecule has 0 bridgehead atoms. The minimum absolute atomic E-state index is 0.0201. The highest BCUT2D eigenvalue weighted by molar-refractivity contribution is 7.10. The molecule has 30 heavy (non-hydrogen) atoms. The molecule has 0 radical (unpaired) electrons. The second-order valence-electron chi connectivity index (χ2n) is 8.08. The number of para-hydroxylation sites is 1. The Hall–Kier alpha value is -2.38. The number of rotatable bonds is 6. The number of hydrogen-bond donors (Lipinski definition) is 2. The van der Waals surface area contributed by atoms with Gasteiger partial charge in [-0.25, -0.2) is 4.79 Å². The number of benzene rings is 1. The van der Waals surface area contributed by atoms with Crippen LogP contribution in [0.4, 0.5) is 10.5 Å². The predicted octanol–water partition coefficient (Wildman–Crippen LogP) is 3.95. The molecule has 4 rings (SSSR count). The first-order chi connectivity index (χ1) is 14.7. The zero-order valence-electron chi connectivity index (χ0n) is 17.3. The van der Waals surface area contributed by atoms with Crippen molar-refractivity contribution in [3.8, 4) is 0 Å². The lowest BCUT2D eigenvalue weighted by molar-refractivity contribution is -0.126. The predicted molar refractivity (Wildman–Crippen MR) is 121 cm³/mol. The van der Waals surface area contributed by atoms with Gasteiger partial charge in [-0.1, -0.05) is 24.3 Å². The van der Waals surface area contributed by atoms with Crippen LogP contribution in [0.2, 0.25) is 0 Å². The van der Waals surface area contributed by atoms with E-state index in [4.69, 9.17) is 0 Å². The first-order valence-electron chi connectivity index (χ1n) is 10.9. The summed E-state index contributed by atoms with van der Waals surface area (Å²) in [6.45, 7) is 4.09. The molecular weight excluding hydrogens is 396 g/mol. The number of amides is 3. The van der Waals surface area contributed by atoms with Crippen molar-refractivity contribution in [3.05, 3.63) is 52.7 Å². The van der Waals surface area contributed by atoms with E-state index >= 15 is 0 Å². The van der Waals surface area contributed by atoms with E-state index in [1.54, 1.807) is 16.2 Å². The van der Waals surface area contributed by atoms with E-state index in [1.165, 1.54) is 17.7 Å². The first-order valence-corrected chi connectivity index (χ1v) is 11.7. The van der Waals surface area contributed by atoms with E-state index in [9.17, 15) is 9.59 Å². The maximum atomic E-state index is 12.8. The normalized spacial score (nSPS) is 18.9. The Labute approximate surface area is 182 Å². The molecule has 2 saturated heterocycles. The number of carbonyl (C=O) groups excluding carboxylic acids is 2. The number of anilines is 1. The Kier molecular flexibility index (Phi) is 7.02. The summed E-state index contributed by atoms with van der Waals surface area (Å²) >= 11 is 1.77. The van der Waals surface area contributed by atoms with E-state index in [2.05, 4.69) is 33.0 Å². The van der Waals surface area contributed by atoms with Crippen molar-refractivity contribution in [1.29, 1.82) is 0 Å².